The lowest BCUT2D eigenvalue weighted by Crippen LogP contribution is -2.21. The summed E-state index contributed by atoms with van der Waals surface area (Å²) < 4.78 is 49.2. The molecule has 0 spiro atoms. The van der Waals surface area contributed by atoms with Gasteiger partial charge in [-0.15, -0.1) is 0 Å². The van der Waals surface area contributed by atoms with E-state index in [1.54, 1.807) is 16.7 Å². The van der Waals surface area contributed by atoms with Crippen molar-refractivity contribution in [1.82, 2.24) is 19.5 Å². The van der Waals surface area contributed by atoms with Crippen molar-refractivity contribution in [2.24, 2.45) is 0 Å². The number of hydrogen-bond acceptors (Lipinski definition) is 7. The van der Waals surface area contributed by atoms with E-state index in [-0.39, 0.29) is 23.7 Å². The van der Waals surface area contributed by atoms with Gasteiger partial charge in [-0.3, -0.25) is 4.57 Å². The number of ether oxygens (including phenoxy) is 1. The minimum Gasteiger partial charge on any atom is -0.508 e. The third-order valence-electron chi connectivity index (χ3n) is 5.36. The average Bonchev–Trinajstić information content (AvgIpc) is 3.15. The van der Waals surface area contributed by atoms with Gasteiger partial charge in [-0.25, -0.2) is 23.1 Å². The highest BCUT2D eigenvalue weighted by Gasteiger charge is 2.25. The maximum Gasteiger partial charge on any atom is 0.229 e. The summed E-state index contributed by atoms with van der Waals surface area (Å²) in [6.07, 6.45) is 2.81. The van der Waals surface area contributed by atoms with Crippen LogP contribution in [0.4, 0.5) is 36.4 Å². The molecule has 2 aromatic carbocycles. The largest absolute Gasteiger partial charge is 0.508 e. The fourth-order valence-electron chi connectivity index (χ4n) is 3.78. The molecule has 1 saturated heterocycles. The molecule has 11 heteroatoms. The van der Waals surface area contributed by atoms with Gasteiger partial charge in [0.2, 0.25) is 11.9 Å². The second-order valence-corrected chi connectivity index (χ2v) is 7.59. The topological polar surface area (TPSA) is 97.1 Å². The molecule has 0 atom stereocenters. The molecule has 3 N–H and O–H groups in total. The van der Waals surface area contributed by atoms with E-state index < -0.39 is 23.1 Å². The van der Waals surface area contributed by atoms with Gasteiger partial charge in [0.15, 0.2) is 17.3 Å². The van der Waals surface area contributed by atoms with E-state index in [9.17, 15) is 18.3 Å². The first-order valence-corrected chi connectivity index (χ1v) is 10.3. The summed E-state index contributed by atoms with van der Waals surface area (Å²) in [5.41, 5.74) is 1.04. The number of benzene rings is 2. The summed E-state index contributed by atoms with van der Waals surface area (Å²) in [6.45, 7) is 1.04. The first-order chi connectivity index (χ1) is 16.0. The van der Waals surface area contributed by atoms with E-state index in [1.165, 1.54) is 18.3 Å². The second kappa shape index (κ2) is 8.58. The molecule has 8 nitrogen and oxygen atoms in total. The molecular weight excluding hydrogens is 437 g/mol. The predicted octanol–water partition coefficient (Wildman–Crippen LogP) is 4.79. The SMILES string of the molecule is Oc1ccc(Nc2ncc3nc(Nc4c(F)cc(F)cc4F)n(C4CCOCC4)c3n2)cc1. The van der Waals surface area contributed by atoms with Gasteiger partial charge >= 0.3 is 0 Å². The van der Waals surface area contributed by atoms with Gasteiger partial charge in [-0.2, -0.15) is 4.98 Å². The summed E-state index contributed by atoms with van der Waals surface area (Å²) in [5, 5.41) is 15.2. The van der Waals surface area contributed by atoms with E-state index in [4.69, 9.17) is 4.74 Å². The van der Waals surface area contributed by atoms with Gasteiger partial charge < -0.3 is 20.5 Å². The molecule has 0 bridgehead atoms. The Bertz CT molecular complexity index is 1280. The number of anilines is 4. The van der Waals surface area contributed by atoms with Gasteiger partial charge in [0, 0.05) is 37.1 Å². The number of fused-ring (bicyclic) bond motifs is 1. The smallest absolute Gasteiger partial charge is 0.229 e. The predicted molar refractivity (Wildman–Crippen MR) is 115 cm³/mol. The monoisotopic (exact) mass is 456 g/mol. The van der Waals surface area contributed by atoms with Crippen molar-refractivity contribution in [3.63, 3.8) is 0 Å². The van der Waals surface area contributed by atoms with Crippen LogP contribution in [0.1, 0.15) is 18.9 Å². The molecule has 0 radical (unpaired) electrons. The van der Waals surface area contributed by atoms with Crippen molar-refractivity contribution >= 4 is 34.4 Å². The third-order valence-corrected chi connectivity index (χ3v) is 5.36. The molecule has 3 heterocycles. The molecule has 0 saturated carbocycles. The zero-order valence-electron chi connectivity index (χ0n) is 17.2. The highest BCUT2D eigenvalue weighted by Crippen LogP contribution is 2.33. The minimum absolute atomic E-state index is 0.0887. The van der Waals surface area contributed by atoms with Crippen LogP contribution >= 0.6 is 0 Å². The molecule has 0 unspecified atom stereocenters. The van der Waals surface area contributed by atoms with Crippen molar-refractivity contribution in [2.75, 3.05) is 23.8 Å². The van der Waals surface area contributed by atoms with Crippen molar-refractivity contribution in [3.05, 3.63) is 60.0 Å². The first-order valence-electron chi connectivity index (χ1n) is 10.3. The third kappa shape index (κ3) is 4.27. The van der Waals surface area contributed by atoms with E-state index in [2.05, 4.69) is 25.6 Å². The lowest BCUT2D eigenvalue weighted by molar-refractivity contribution is 0.0710. The Morgan fingerprint density at radius 1 is 0.970 bits per heavy atom. The summed E-state index contributed by atoms with van der Waals surface area (Å²) >= 11 is 0. The van der Waals surface area contributed by atoms with Crippen LogP contribution in [0.2, 0.25) is 0 Å². The van der Waals surface area contributed by atoms with Gasteiger partial charge in [0.05, 0.1) is 6.20 Å². The number of rotatable bonds is 5. The van der Waals surface area contributed by atoms with Crippen LogP contribution in [0.5, 0.6) is 5.75 Å². The minimum atomic E-state index is -1.07. The molecule has 4 aromatic rings. The van der Waals surface area contributed by atoms with E-state index in [0.29, 0.717) is 55.0 Å². The Balaban J connectivity index is 1.57. The highest BCUT2D eigenvalue weighted by molar-refractivity contribution is 5.77. The fourth-order valence-corrected chi connectivity index (χ4v) is 3.78. The number of nitrogens with zero attached hydrogens (tertiary/aromatic N) is 4. The number of halogens is 3. The maximum absolute atomic E-state index is 14.3. The van der Waals surface area contributed by atoms with Crippen LogP contribution < -0.4 is 10.6 Å². The highest BCUT2D eigenvalue weighted by atomic mass is 19.1. The van der Waals surface area contributed by atoms with Crippen LogP contribution in [-0.2, 0) is 4.74 Å². The number of phenolic OH excluding ortho intramolecular Hbond substituents is 1. The number of aromatic hydroxyl groups is 1. The lowest BCUT2D eigenvalue weighted by Gasteiger charge is -2.25. The molecule has 5 rings (SSSR count). The molecule has 1 fully saturated rings. The quantitative estimate of drug-likeness (QED) is 0.372. The summed E-state index contributed by atoms with van der Waals surface area (Å²) in [7, 11) is 0. The number of imidazole rings is 1. The van der Waals surface area contributed by atoms with Crippen molar-refractivity contribution in [3.8, 4) is 5.75 Å². The van der Waals surface area contributed by atoms with E-state index >= 15 is 0 Å². The van der Waals surface area contributed by atoms with Gasteiger partial charge in [-0.1, -0.05) is 0 Å². The Labute approximate surface area is 186 Å². The van der Waals surface area contributed by atoms with Crippen LogP contribution in [-0.4, -0.2) is 37.8 Å². The number of nitrogens with one attached hydrogen (secondary N) is 2. The number of aromatic nitrogens is 4. The van der Waals surface area contributed by atoms with Crippen LogP contribution in [0, 0.1) is 17.5 Å². The molecule has 1 aliphatic rings. The molecular formula is C22H19F3N6O2. The first kappa shape index (κ1) is 21.0. The summed E-state index contributed by atoms with van der Waals surface area (Å²) in [6, 6.07) is 7.52. The van der Waals surface area contributed by atoms with Gasteiger partial charge in [0.1, 0.15) is 22.8 Å². The van der Waals surface area contributed by atoms with E-state index in [1.807, 2.05) is 0 Å². The second-order valence-electron chi connectivity index (χ2n) is 7.59. The molecule has 0 amide bonds. The average molecular weight is 456 g/mol. The Kier molecular flexibility index (Phi) is 5.47. The number of phenols is 1. The Hall–Kier alpha value is -3.86. The molecule has 0 aliphatic carbocycles. The number of hydrogen-bond donors (Lipinski definition) is 3. The Morgan fingerprint density at radius 2 is 1.67 bits per heavy atom. The zero-order valence-corrected chi connectivity index (χ0v) is 17.2. The summed E-state index contributed by atoms with van der Waals surface area (Å²) in [5.74, 6) is -2.57. The Morgan fingerprint density at radius 3 is 2.36 bits per heavy atom. The van der Waals surface area contributed by atoms with Crippen molar-refractivity contribution in [2.45, 2.75) is 18.9 Å². The lowest BCUT2D eigenvalue weighted by atomic mass is 10.1. The van der Waals surface area contributed by atoms with Crippen LogP contribution in [0.25, 0.3) is 11.2 Å². The van der Waals surface area contributed by atoms with Crippen molar-refractivity contribution in [1.29, 1.82) is 0 Å². The van der Waals surface area contributed by atoms with Crippen LogP contribution in [0.3, 0.4) is 0 Å². The maximum atomic E-state index is 14.3. The normalized spacial score (nSPS) is 14.5. The zero-order chi connectivity index (χ0) is 22.9. The van der Waals surface area contributed by atoms with Gasteiger partial charge in [0.25, 0.3) is 0 Å². The summed E-state index contributed by atoms with van der Waals surface area (Å²) in [4.78, 5) is 13.3. The van der Waals surface area contributed by atoms with Gasteiger partial charge in [-0.05, 0) is 37.1 Å². The van der Waals surface area contributed by atoms with Crippen LogP contribution in [0.15, 0.2) is 42.6 Å². The van der Waals surface area contributed by atoms with E-state index in [0.717, 1.165) is 0 Å². The standard InChI is InChI=1S/C22H19F3N6O2/c23-12-9-16(24)19(17(25)10-12)29-22-28-18-11-26-21(27-13-1-3-15(32)4-2-13)30-20(18)31(22)14-5-7-33-8-6-14/h1-4,9-11,14,32H,5-8H2,(H,28,29)(H,26,27,30). The molecule has 1 aliphatic heterocycles. The fraction of sp³-hybridized carbons (Fsp3) is 0.227. The molecule has 33 heavy (non-hydrogen) atoms. The van der Waals surface area contributed by atoms with Crippen molar-refractivity contribution < 1.29 is 23.0 Å². The molecule has 2 aromatic heterocycles. The molecule has 170 valence electrons.